The highest BCUT2D eigenvalue weighted by Crippen LogP contribution is 2.24. The molecule has 0 saturated carbocycles. The molecule has 170 valence electrons. The first kappa shape index (κ1) is 26.1. The molecule has 0 saturated heterocycles. The molecule has 0 aromatic heterocycles. The molecule has 1 rings (SSSR count). The molecule has 3 N–H and O–H groups in total. The van der Waals surface area contributed by atoms with Gasteiger partial charge in [0.2, 0.25) is 5.91 Å². The molecule has 1 unspecified atom stereocenters. The van der Waals surface area contributed by atoms with E-state index in [4.69, 9.17) is 4.55 Å². The van der Waals surface area contributed by atoms with Crippen molar-refractivity contribution in [3.8, 4) is 0 Å². The minimum atomic E-state index is -4.30. The van der Waals surface area contributed by atoms with Gasteiger partial charge in [0, 0.05) is 13.0 Å². The number of carbonyl (C=O) groups excluding carboxylic acids is 1. The van der Waals surface area contributed by atoms with Crippen LogP contribution in [0.1, 0.15) is 89.0 Å². The van der Waals surface area contributed by atoms with Crippen LogP contribution < -0.4 is 5.32 Å². The van der Waals surface area contributed by atoms with Crippen molar-refractivity contribution >= 4 is 22.0 Å². The third-order valence-corrected chi connectivity index (χ3v) is 6.00. The van der Waals surface area contributed by atoms with Crippen LogP contribution in [0.15, 0.2) is 29.2 Å². The molecule has 1 aromatic carbocycles. The van der Waals surface area contributed by atoms with Crippen molar-refractivity contribution in [2.24, 2.45) is 0 Å². The average Bonchev–Trinajstić information content (AvgIpc) is 2.69. The quantitative estimate of drug-likeness (QED) is 0.256. The second kappa shape index (κ2) is 14.1. The highest BCUT2D eigenvalue weighted by molar-refractivity contribution is 7.85. The minimum absolute atomic E-state index is 0.0409. The summed E-state index contributed by atoms with van der Waals surface area (Å²) in [7, 11) is -4.30. The molecule has 0 spiro atoms. The van der Waals surface area contributed by atoms with Crippen LogP contribution in [-0.4, -0.2) is 36.5 Å². The minimum Gasteiger partial charge on any atom is -0.481 e. The Balaban J connectivity index is 2.26. The van der Waals surface area contributed by atoms with E-state index in [1.54, 1.807) is 0 Å². The fourth-order valence-corrected chi connectivity index (χ4v) is 3.82. The second-order valence-electron chi connectivity index (χ2n) is 7.65. The number of rotatable bonds is 16. The Bertz CT molecular complexity index is 745. The first-order valence-corrected chi connectivity index (χ1v) is 12.3. The summed E-state index contributed by atoms with van der Waals surface area (Å²) in [5.74, 6) is -1.71. The first-order valence-electron chi connectivity index (χ1n) is 10.8. The molecular weight excluding hydrogens is 406 g/mol. The Kier molecular flexibility index (Phi) is 12.3. The average molecular weight is 442 g/mol. The van der Waals surface area contributed by atoms with Crippen molar-refractivity contribution in [2.45, 2.75) is 88.4 Å². The van der Waals surface area contributed by atoms with Crippen molar-refractivity contribution in [1.82, 2.24) is 5.32 Å². The predicted molar refractivity (Wildman–Crippen MR) is 116 cm³/mol. The summed E-state index contributed by atoms with van der Waals surface area (Å²) in [6.45, 7) is 2.71. The van der Waals surface area contributed by atoms with E-state index >= 15 is 0 Å². The van der Waals surface area contributed by atoms with Gasteiger partial charge in [-0.25, -0.2) is 0 Å². The molecule has 30 heavy (non-hydrogen) atoms. The smallest absolute Gasteiger partial charge is 0.310 e. The maximum absolute atomic E-state index is 11.8. The van der Waals surface area contributed by atoms with Gasteiger partial charge in [-0.3, -0.25) is 14.1 Å². The molecule has 1 aromatic rings. The first-order chi connectivity index (χ1) is 14.3. The van der Waals surface area contributed by atoms with Crippen molar-refractivity contribution in [2.75, 3.05) is 6.54 Å². The molecule has 8 heteroatoms. The lowest BCUT2D eigenvalue weighted by atomic mass is 9.94. The van der Waals surface area contributed by atoms with Gasteiger partial charge in [-0.15, -0.1) is 0 Å². The Morgan fingerprint density at radius 3 is 2.10 bits per heavy atom. The largest absolute Gasteiger partial charge is 0.481 e. The summed E-state index contributed by atoms with van der Waals surface area (Å²) in [5, 5.41) is 12.3. The van der Waals surface area contributed by atoms with Gasteiger partial charge in [-0.2, -0.15) is 8.42 Å². The number of hydrogen-bond acceptors (Lipinski definition) is 4. The van der Waals surface area contributed by atoms with E-state index in [2.05, 4.69) is 12.2 Å². The number of unbranched alkanes of at least 4 members (excludes halogenated alkanes) is 7. The van der Waals surface area contributed by atoms with Crippen LogP contribution in [0.25, 0.3) is 0 Å². The van der Waals surface area contributed by atoms with Crippen LogP contribution in [0, 0.1) is 0 Å². The lowest BCUT2D eigenvalue weighted by Crippen LogP contribution is -2.24. The highest BCUT2D eigenvalue weighted by Gasteiger charge is 2.20. The zero-order valence-electron chi connectivity index (χ0n) is 17.8. The Morgan fingerprint density at radius 1 is 0.933 bits per heavy atom. The van der Waals surface area contributed by atoms with E-state index in [-0.39, 0.29) is 10.8 Å². The standard InChI is InChI=1S/C22H35NO6S/c1-2-3-4-5-6-7-8-12-21(24)23-17-10-9-11-20(22(25)26)18-13-15-19(16-14-18)30(27,28)29/h13-16,20H,2-12,17H2,1H3,(H,23,24)(H,25,26)(H,27,28,29). The van der Waals surface area contributed by atoms with Crippen LogP contribution >= 0.6 is 0 Å². The van der Waals surface area contributed by atoms with Gasteiger partial charge in [0.15, 0.2) is 0 Å². The molecule has 0 aliphatic carbocycles. The lowest BCUT2D eigenvalue weighted by Gasteiger charge is -2.13. The van der Waals surface area contributed by atoms with E-state index in [0.717, 1.165) is 12.8 Å². The summed E-state index contributed by atoms with van der Waals surface area (Å²) in [6, 6.07) is 5.22. The lowest BCUT2D eigenvalue weighted by molar-refractivity contribution is -0.139. The van der Waals surface area contributed by atoms with E-state index in [0.29, 0.717) is 37.8 Å². The van der Waals surface area contributed by atoms with E-state index in [9.17, 15) is 23.1 Å². The van der Waals surface area contributed by atoms with Gasteiger partial charge in [-0.1, -0.05) is 64.0 Å². The monoisotopic (exact) mass is 441 g/mol. The Labute approximate surface area is 180 Å². The summed E-state index contributed by atoms with van der Waals surface area (Å²) in [5.41, 5.74) is 0.484. The molecule has 0 radical (unpaired) electrons. The Morgan fingerprint density at radius 2 is 1.53 bits per heavy atom. The van der Waals surface area contributed by atoms with E-state index in [1.807, 2.05) is 0 Å². The Hall–Kier alpha value is -1.93. The number of carbonyl (C=O) groups is 2. The SMILES string of the molecule is CCCCCCCCCC(=O)NCCCCC(C(=O)O)c1ccc(S(=O)(=O)O)cc1. The third-order valence-electron chi connectivity index (χ3n) is 5.13. The normalized spacial score (nSPS) is 12.5. The highest BCUT2D eigenvalue weighted by atomic mass is 32.2. The molecule has 0 aliphatic heterocycles. The van der Waals surface area contributed by atoms with Gasteiger partial charge in [0.25, 0.3) is 10.1 Å². The van der Waals surface area contributed by atoms with Crippen LogP contribution in [-0.2, 0) is 19.7 Å². The fourth-order valence-electron chi connectivity index (χ4n) is 3.34. The molecule has 7 nitrogen and oxygen atoms in total. The van der Waals surface area contributed by atoms with Gasteiger partial charge in [0.05, 0.1) is 10.8 Å². The summed E-state index contributed by atoms with van der Waals surface area (Å²) >= 11 is 0. The number of carboxylic acid groups (broad SMARTS) is 1. The summed E-state index contributed by atoms with van der Waals surface area (Å²) < 4.78 is 31.2. The van der Waals surface area contributed by atoms with Crippen LogP contribution in [0.3, 0.4) is 0 Å². The molecule has 0 aliphatic rings. The molecule has 0 fully saturated rings. The van der Waals surface area contributed by atoms with Gasteiger partial charge < -0.3 is 10.4 Å². The zero-order valence-corrected chi connectivity index (χ0v) is 18.6. The maximum Gasteiger partial charge on any atom is 0.310 e. The van der Waals surface area contributed by atoms with Gasteiger partial charge >= 0.3 is 5.97 Å². The van der Waals surface area contributed by atoms with Crippen LogP contribution in [0.5, 0.6) is 0 Å². The van der Waals surface area contributed by atoms with E-state index in [1.165, 1.54) is 56.4 Å². The second-order valence-corrected chi connectivity index (χ2v) is 9.07. The van der Waals surface area contributed by atoms with Crippen molar-refractivity contribution in [3.63, 3.8) is 0 Å². The molecule has 1 amide bonds. The fraction of sp³-hybridized carbons (Fsp3) is 0.636. The number of hydrogen-bond donors (Lipinski definition) is 3. The van der Waals surface area contributed by atoms with Gasteiger partial charge in [0.1, 0.15) is 0 Å². The maximum atomic E-state index is 11.8. The number of carboxylic acids is 1. The topological polar surface area (TPSA) is 121 Å². The number of aliphatic carboxylic acids is 1. The third kappa shape index (κ3) is 10.7. The van der Waals surface area contributed by atoms with Crippen molar-refractivity contribution < 1.29 is 27.7 Å². The predicted octanol–water partition coefficient (Wildman–Crippen LogP) is 4.53. The van der Waals surface area contributed by atoms with Crippen molar-refractivity contribution in [1.29, 1.82) is 0 Å². The molecular formula is C22H35NO6S. The molecule has 0 bridgehead atoms. The number of amides is 1. The van der Waals surface area contributed by atoms with Crippen LogP contribution in [0.2, 0.25) is 0 Å². The van der Waals surface area contributed by atoms with Crippen molar-refractivity contribution in [3.05, 3.63) is 29.8 Å². The number of nitrogens with one attached hydrogen (secondary N) is 1. The summed E-state index contributed by atoms with van der Waals surface area (Å²) in [6.07, 6.45) is 10.4. The number of benzene rings is 1. The van der Waals surface area contributed by atoms with E-state index < -0.39 is 22.0 Å². The van der Waals surface area contributed by atoms with Gasteiger partial charge in [-0.05, 0) is 37.0 Å². The van der Waals surface area contributed by atoms with Crippen LogP contribution in [0.4, 0.5) is 0 Å². The molecule has 0 heterocycles. The molecule has 1 atom stereocenters. The summed E-state index contributed by atoms with van der Waals surface area (Å²) in [4.78, 5) is 23.1. The zero-order chi connectivity index (χ0) is 22.4.